The van der Waals surface area contributed by atoms with Crippen LogP contribution < -0.4 is 10.2 Å². The number of hydrogen-bond acceptors (Lipinski definition) is 4. The Labute approximate surface area is 191 Å². The molecule has 6 nitrogen and oxygen atoms in total. The van der Waals surface area contributed by atoms with E-state index in [4.69, 9.17) is 0 Å². The maximum Gasteiger partial charge on any atom is 0.332 e. The summed E-state index contributed by atoms with van der Waals surface area (Å²) in [5.41, 5.74) is 3.32. The molecule has 0 aliphatic carbocycles. The van der Waals surface area contributed by atoms with Gasteiger partial charge in [-0.25, -0.2) is 9.69 Å². The summed E-state index contributed by atoms with van der Waals surface area (Å²) in [4.78, 5) is 43.0. The predicted octanol–water partition coefficient (Wildman–Crippen LogP) is 4.99. The first kappa shape index (κ1) is 21.8. The summed E-state index contributed by atoms with van der Waals surface area (Å²) in [6, 6.07) is 17.4. The van der Waals surface area contributed by atoms with Gasteiger partial charge in [-0.05, 0) is 60.2 Å². The second kappa shape index (κ2) is 9.36. The maximum atomic E-state index is 13.3. The fraction of sp³-hybridized carbons (Fsp3) is 0.240. The van der Waals surface area contributed by atoms with Crippen molar-refractivity contribution in [2.45, 2.75) is 39.3 Å². The summed E-state index contributed by atoms with van der Waals surface area (Å²) in [5.74, 6) is -0.684. The number of amides is 4. The normalized spacial score (nSPS) is 16.0. The van der Waals surface area contributed by atoms with Crippen LogP contribution >= 0.6 is 11.3 Å². The van der Waals surface area contributed by atoms with Crippen LogP contribution in [-0.4, -0.2) is 28.8 Å². The lowest BCUT2D eigenvalue weighted by atomic mass is 10.1. The van der Waals surface area contributed by atoms with Crippen molar-refractivity contribution in [3.05, 3.63) is 82.0 Å². The van der Waals surface area contributed by atoms with Crippen molar-refractivity contribution in [2.24, 2.45) is 0 Å². The number of anilines is 2. The fourth-order valence-electron chi connectivity index (χ4n) is 3.80. The molecule has 0 saturated carbocycles. The van der Waals surface area contributed by atoms with Crippen LogP contribution in [0.15, 0.2) is 66.0 Å². The first-order valence-corrected chi connectivity index (χ1v) is 11.5. The quantitative estimate of drug-likeness (QED) is 0.519. The number of rotatable bonds is 7. The molecule has 1 aromatic heterocycles. The van der Waals surface area contributed by atoms with Crippen molar-refractivity contribution in [1.29, 1.82) is 0 Å². The van der Waals surface area contributed by atoms with Gasteiger partial charge in [0.25, 0.3) is 5.91 Å². The second-order valence-corrected chi connectivity index (χ2v) is 8.85. The standard InChI is InChI=1S/C25H25N3O3S/c1-3-18-9-11-19(12-10-18)26-23(29)15-22-24(30)28(20-7-4-6-17(2)14-20)25(31)27(22)16-21-8-5-13-32-21/h4-14,22H,3,15-16H2,1-2H3,(H,26,29)/t22-/m0/s1. The minimum atomic E-state index is -0.861. The molecule has 0 bridgehead atoms. The fourth-order valence-corrected chi connectivity index (χ4v) is 4.50. The third-order valence-corrected chi connectivity index (χ3v) is 6.37. The third kappa shape index (κ3) is 4.57. The van der Waals surface area contributed by atoms with Crippen LogP contribution in [-0.2, 0) is 22.6 Å². The Morgan fingerprint density at radius 1 is 1.06 bits per heavy atom. The number of carbonyl (C=O) groups is 3. The zero-order chi connectivity index (χ0) is 22.7. The molecule has 1 aliphatic rings. The van der Waals surface area contributed by atoms with Gasteiger partial charge < -0.3 is 10.2 Å². The summed E-state index contributed by atoms with van der Waals surface area (Å²) in [5, 5.41) is 4.78. The Morgan fingerprint density at radius 2 is 1.84 bits per heavy atom. The number of nitrogens with one attached hydrogen (secondary N) is 1. The SMILES string of the molecule is CCc1ccc(NC(=O)C[C@H]2C(=O)N(c3cccc(C)c3)C(=O)N2Cc2cccs2)cc1. The van der Waals surface area contributed by atoms with Crippen LogP contribution in [0.5, 0.6) is 0 Å². The number of thiophene rings is 1. The lowest BCUT2D eigenvalue weighted by Gasteiger charge is -2.21. The summed E-state index contributed by atoms with van der Waals surface area (Å²) in [6.45, 7) is 4.26. The average Bonchev–Trinajstić information content (AvgIpc) is 3.37. The van der Waals surface area contributed by atoms with Gasteiger partial charge in [0, 0.05) is 10.6 Å². The largest absolute Gasteiger partial charge is 0.332 e. The molecular formula is C25H25N3O3S. The van der Waals surface area contributed by atoms with E-state index in [9.17, 15) is 14.4 Å². The Morgan fingerprint density at radius 3 is 2.50 bits per heavy atom. The van der Waals surface area contributed by atoms with Gasteiger partial charge in [-0.2, -0.15) is 0 Å². The molecule has 4 rings (SSSR count). The van der Waals surface area contributed by atoms with E-state index in [0.717, 1.165) is 16.9 Å². The van der Waals surface area contributed by atoms with E-state index >= 15 is 0 Å². The van der Waals surface area contributed by atoms with E-state index in [1.165, 1.54) is 26.7 Å². The highest BCUT2D eigenvalue weighted by atomic mass is 32.1. The van der Waals surface area contributed by atoms with Crippen LogP contribution in [0.3, 0.4) is 0 Å². The van der Waals surface area contributed by atoms with E-state index in [1.807, 2.05) is 60.8 Å². The number of benzene rings is 2. The Hall–Kier alpha value is -3.45. The zero-order valence-electron chi connectivity index (χ0n) is 18.1. The molecule has 0 spiro atoms. The second-order valence-electron chi connectivity index (χ2n) is 7.82. The van der Waals surface area contributed by atoms with Crippen LogP contribution in [0.1, 0.15) is 29.3 Å². The van der Waals surface area contributed by atoms with Gasteiger partial charge in [0.1, 0.15) is 6.04 Å². The van der Waals surface area contributed by atoms with E-state index in [0.29, 0.717) is 11.4 Å². The monoisotopic (exact) mass is 447 g/mol. The molecule has 1 atom stereocenters. The van der Waals surface area contributed by atoms with Crippen molar-refractivity contribution in [2.75, 3.05) is 10.2 Å². The molecule has 32 heavy (non-hydrogen) atoms. The van der Waals surface area contributed by atoms with Crippen LogP contribution in [0.25, 0.3) is 0 Å². The van der Waals surface area contributed by atoms with E-state index in [-0.39, 0.29) is 24.8 Å². The molecule has 1 saturated heterocycles. The van der Waals surface area contributed by atoms with Crippen LogP contribution in [0.4, 0.5) is 16.2 Å². The number of urea groups is 1. The molecule has 3 aromatic rings. The molecule has 1 fully saturated rings. The van der Waals surface area contributed by atoms with E-state index < -0.39 is 12.1 Å². The molecule has 0 radical (unpaired) electrons. The molecule has 164 valence electrons. The summed E-state index contributed by atoms with van der Waals surface area (Å²) in [6.07, 6.45) is 0.813. The van der Waals surface area contributed by atoms with Crippen molar-refractivity contribution in [3.63, 3.8) is 0 Å². The Balaban J connectivity index is 1.57. The molecule has 1 aliphatic heterocycles. The highest BCUT2D eigenvalue weighted by Gasteiger charge is 2.46. The lowest BCUT2D eigenvalue weighted by Crippen LogP contribution is -2.37. The molecular weight excluding hydrogens is 422 g/mol. The highest BCUT2D eigenvalue weighted by molar-refractivity contribution is 7.09. The van der Waals surface area contributed by atoms with Crippen molar-refractivity contribution >= 4 is 40.6 Å². The number of hydrogen-bond donors (Lipinski definition) is 1. The Kier molecular flexibility index (Phi) is 6.37. The molecule has 2 heterocycles. The topological polar surface area (TPSA) is 69.7 Å². The third-order valence-electron chi connectivity index (χ3n) is 5.51. The first-order valence-electron chi connectivity index (χ1n) is 10.6. The van der Waals surface area contributed by atoms with Gasteiger partial charge in [0.15, 0.2) is 0 Å². The highest BCUT2D eigenvalue weighted by Crippen LogP contribution is 2.30. The minimum absolute atomic E-state index is 0.103. The average molecular weight is 448 g/mol. The predicted molar refractivity (Wildman–Crippen MR) is 127 cm³/mol. The number of imide groups is 1. The summed E-state index contributed by atoms with van der Waals surface area (Å²) in [7, 11) is 0. The minimum Gasteiger partial charge on any atom is -0.326 e. The lowest BCUT2D eigenvalue weighted by molar-refractivity contribution is -0.124. The smallest absolute Gasteiger partial charge is 0.326 e. The molecule has 7 heteroatoms. The van der Waals surface area contributed by atoms with E-state index in [2.05, 4.69) is 12.2 Å². The number of carbonyl (C=O) groups excluding carboxylic acids is 3. The van der Waals surface area contributed by atoms with Gasteiger partial charge >= 0.3 is 6.03 Å². The maximum absolute atomic E-state index is 13.3. The van der Waals surface area contributed by atoms with Gasteiger partial charge in [-0.3, -0.25) is 9.59 Å². The molecule has 4 amide bonds. The van der Waals surface area contributed by atoms with Crippen molar-refractivity contribution in [3.8, 4) is 0 Å². The number of nitrogens with zero attached hydrogens (tertiary/aromatic N) is 2. The molecule has 0 unspecified atom stereocenters. The van der Waals surface area contributed by atoms with Gasteiger partial charge in [-0.1, -0.05) is 37.3 Å². The van der Waals surface area contributed by atoms with Crippen molar-refractivity contribution < 1.29 is 14.4 Å². The van der Waals surface area contributed by atoms with Gasteiger partial charge in [0.05, 0.1) is 18.7 Å². The zero-order valence-corrected chi connectivity index (χ0v) is 18.9. The van der Waals surface area contributed by atoms with Crippen LogP contribution in [0.2, 0.25) is 0 Å². The van der Waals surface area contributed by atoms with E-state index in [1.54, 1.807) is 12.1 Å². The van der Waals surface area contributed by atoms with Crippen molar-refractivity contribution in [1.82, 2.24) is 4.90 Å². The summed E-state index contributed by atoms with van der Waals surface area (Å²) < 4.78 is 0. The van der Waals surface area contributed by atoms with Gasteiger partial charge in [-0.15, -0.1) is 11.3 Å². The molecule has 2 aromatic carbocycles. The Bertz CT molecular complexity index is 1130. The first-order chi connectivity index (χ1) is 15.5. The molecule has 1 N–H and O–H groups in total. The van der Waals surface area contributed by atoms with Gasteiger partial charge in [0.2, 0.25) is 5.91 Å². The van der Waals surface area contributed by atoms with Crippen LogP contribution in [0, 0.1) is 6.92 Å². The number of aryl methyl sites for hydroxylation is 2. The summed E-state index contributed by atoms with van der Waals surface area (Å²) >= 11 is 1.52.